The van der Waals surface area contributed by atoms with E-state index in [-0.39, 0.29) is 0 Å². The number of fused-ring (bicyclic) bond motifs is 2. The zero-order valence-corrected chi connectivity index (χ0v) is 14.6. The molecule has 1 aliphatic rings. The van der Waals surface area contributed by atoms with Crippen LogP contribution in [0, 0.1) is 0 Å². The first-order valence-electron chi connectivity index (χ1n) is 6.74. The number of benzene rings is 3. The maximum atomic E-state index is 6.08. The Morgan fingerprint density at radius 3 is 1.76 bits per heavy atom. The van der Waals surface area contributed by atoms with Gasteiger partial charge in [-0.05, 0) is 0 Å². The average Bonchev–Trinajstić information content (AvgIpc) is 2.53. The van der Waals surface area contributed by atoms with E-state index >= 15 is 0 Å². The molecule has 3 heteroatoms. The minimum atomic E-state index is -1.53. The van der Waals surface area contributed by atoms with Gasteiger partial charge in [-0.2, -0.15) is 0 Å². The topological polar surface area (TPSA) is 9.23 Å². The van der Waals surface area contributed by atoms with E-state index in [1.54, 1.807) is 0 Å². The van der Waals surface area contributed by atoms with E-state index in [2.05, 4.69) is 76.6 Å². The third-order valence-electron chi connectivity index (χ3n) is 3.52. The predicted molar refractivity (Wildman–Crippen MR) is 91.8 cm³/mol. The Morgan fingerprint density at radius 2 is 1.19 bits per heavy atom. The molecule has 3 aromatic carbocycles. The molecule has 0 saturated carbocycles. The molecule has 0 fully saturated rings. The fraction of sp³-hybridized carbons (Fsp3) is 0. The van der Waals surface area contributed by atoms with Crippen LogP contribution in [0.4, 0.5) is 0 Å². The molecule has 0 spiro atoms. The van der Waals surface area contributed by atoms with Crippen LogP contribution in [0.1, 0.15) is 0 Å². The van der Waals surface area contributed by atoms with Gasteiger partial charge < -0.3 is 0 Å². The molecule has 0 bridgehead atoms. The maximum absolute atomic E-state index is 6.08. The van der Waals surface area contributed by atoms with Crippen molar-refractivity contribution in [2.24, 2.45) is 0 Å². The van der Waals surface area contributed by atoms with Crippen molar-refractivity contribution in [2.45, 2.75) is 0 Å². The summed E-state index contributed by atoms with van der Waals surface area (Å²) in [6.07, 6.45) is 0. The molecule has 0 aromatic heterocycles. The van der Waals surface area contributed by atoms with Crippen molar-refractivity contribution in [1.29, 1.82) is 0 Å². The molecule has 1 nitrogen and oxygen atoms in total. The summed E-state index contributed by atoms with van der Waals surface area (Å²) in [4.78, 5) is 0. The van der Waals surface area contributed by atoms with Gasteiger partial charge in [0, 0.05) is 0 Å². The third-order valence-corrected chi connectivity index (χ3v) is 9.33. The molecule has 0 saturated heterocycles. The van der Waals surface area contributed by atoms with Gasteiger partial charge in [-0.3, -0.25) is 0 Å². The Kier molecular flexibility index (Phi) is 3.37. The molecule has 21 heavy (non-hydrogen) atoms. The van der Waals surface area contributed by atoms with Crippen molar-refractivity contribution in [2.75, 3.05) is 0 Å². The van der Waals surface area contributed by atoms with Crippen LogP contribution in [0.25, 0.3) is 0 Å². The number of hydrogen-bond donors (Lipinski definition) is 0. The summed E-state index contributed by atoms with van der Waals surface area (Å²) in [5.41, 5.74) is 0. The molecule has 0 radical (unpaired) electrons. The zero-order valence-electron chi connectivity index (χ0n) is 11.2. The Bertz CT molecular complexity index is 753. The van der Waals surface area contributed by atoms with E-state index in [0.717, 1.165) is 16.0 Å². The van der Waals surface area contributed by atoms with E-state index in [1.807, 2.05) is 12.1 Å². The Balaban J connectivity index is 1.95. The van der Waals surface area contributed by atoms with Gasteiger partial charge in [0.25, 0.3) is 0 Å². The van der Waals surface area contributed by atoms with Crippen LogP contribution in [0.3, 0.4) is 0 Å². The fourth-order valence-electron chi connectivity index (χ4n) is 2.57. The Labute approximate surface area is 137 Å². The van der Waals surface area contributed by atoms with Gasteiger partial charge in [0.15, 0.2) is 0 Å². The van der Waals surface area contributed by atoms with Crippen molar-refractivity contribution in [3.63, 3.8) is 0 Å². The summed E-state index contributed by atoms with van der Waals surface area (Å²) in [5.74, 6) is 2.03. The molecular formula is C18H12AsBrO. The van der Waals surface area contributed by atoms with Gasteiger partial charge in [0.05, 0.1) is 0 Å². The first kappa shape index (κ1) is 13.2. The zero-order chi connectivity index (χ0) is 14.2. The summed E-state index contributed by atoms with van der Waals surface area (Å²) in [5, 5.41) is 0. The molecule has 1 heterocycles. The summed E-state index contributed by atoms with van der Waals surface area (Å²) in [7, 11) is 0. The van der Waals surface area contributed by atoms with Crippen LogP contribution in [0.5, 0.6) is 11.5 Å². The Hall–Kier alpha value is -1.50. The van der Waals surface area contributed by atoms with E-state index in [9.17, 15) is 0 Å². The standard InChI is InChI=1S/C18H12AsBrO/c20-14-11-9-13(10-12-14)19-15-5-1-3-7-17(15)21-18-8-4-2-6-16(18)19/h1-12H. The quantitative estimate of drug-likeness (QED) is 0.448. The van der Waals surface area contributed by atoms with Gasteiger partial charge in [0.1, 0.15) is 0 Å². The second-order valence-electron chi connectivity index (χ2n) is 4.85. The number of rotatable bonds is 1. The number of ether oxygens (including phenoxy) is 1. The molecule has 0 amide bonds. The molecule has 0 unspecified atom stereocenters. The van der Waals surface area contributed by atoms with Crippen molar-refractivity contribution in [3.05, 3.63) is 77.3 Å². The van der Waals surface area contributed by atoms with Crippen molar-refractivity contribution in [3.8, 4) is 11.5 Å². The molecule has 102 valence electrons. The minimum absolute atomic E-state index is 1.01. The van der Waals surface area contributed by atoms with Crippen LogP contribution in [0.15, 0.2) is 77.3 Å². The summed E-state index contributed by atoms with van der Waals surface area (Å²) in [6, 6.07) is 25.6. The second kappa shape index (κ2) is 5.36. The number of halogens is 1. The van der Waals surface area contributed by atoms with Crippen LogP contribution in [-0.2, 0) is 0 Å². The molecule has 0 N–H and O–H groups in total. The molecule has 4 rings (SSSR count). The Morgan fingerprint density at radius 1 is 0.667 bits per heavy atom. The van der Waals surface area contributed by atoms with Crippen molar-refractivity contribution >= 4 is 43.6 Å². The molecular weight excluding hydrogens is 387 g/mol. The van der Waals surface area contributed by atoms with E-state index in [0.29, 0.717) is 0 Å². The average molecular weight is 399 g/mol. The van der Waals surface area contributed by atoms with E-state index in [4.69, 9.17) is 4.74 Å². The van der Waals surface area contributed by atoms with Gasteiger partial charge in [0.2, 0.25) is 0 Å². The molecule has 1 aliphatic heterocycles. The van der Waals surface area contributed by atoms with Gasteiger partial charge in [-0.15, -0.1) is 0 Å². The first-order chi connectivity index (χ1) is 10.3. The number of hydrogen-bond acceptors (Lipinski definition) is 1. The summed E-state index contributed by atoms with van der Waals surface area (Å²) in [6.45, 7) is 0. The number of para-hydroxylation sites is 2. The SMILES string of the molecule is Brc1ccc([As]2c3ccccc3Oc3ccccc32)cc1. The van der Waals surface area contributed by atoms with Crippen LogP contribution < -0.4 is 17.8 Å². The van der Waals surface area contributed by atoms with Crippen LogP contribution >= 0.6 is 15.9 Å². The van der Waals surface area contributed by atoms with Crippen molar-refractivity contribution in [1.82, 2.24) is 0 Å². The van der Waals surface area contributed by atoms with Crippen molar-refractivity contribution < 1.29 is 4.74 Å². The fourth-order valence-corrected chi connectivity index (χ4v) is 7.90. The predicted octanol–water partition coefficient (Wildman–Crippen LogP) is 3.07. The molecule has 0 atom stereocenters. The molecule has 3 aromatic rings. The van der Waals surface area contributed by atoms with E-state index in [1.165, 1.54) is 13.1 Å². The van der Waals surface area contributed by atoms with E-state index < -0.39 is 14.7 Å². The van der Waals surface area contributed by atoms with Gasteiger partial charge in [-0.25, -0.2) is 0 Å². The van der Waals surface area contributed by atoms with Gasteiger partial charge in [-0.1, -0.05) is 0 Å². The second-order valence-corrected chi connectivity index (χ2v) is 10.3. The van der Waals surface area contributed by atoms with Crippen LogP contribution in [0.2, 0.25) is 0 Å². The van der Waals surface area contributed by atoms with Gasteiger partial charge >= 0.3 is 137 Å². The first-order valence-corrected chi connectivity index (χ1v) is 10.4. The monoisotopic (exact) mass is 398 g/mol. The normalized spacial score (nSPS) is 13.2. The third kappa shape index (κ3) is 2.33. The molecule has 0 aliphatic carbocycles. The summed E-state index contributed by atoms with van der Waals surface area (Å²) < 4.78 is 11.4. The van der Waals surface area contributed by atoms with Crippen LogP contribution in [-0.4, -0.2) is 14.7 Å². The summed E-state index contributed by atoms with van der Waals surface area (Å²) >= 11 is 1.99.